The molecule has 0 saturated heterocycles. The van der Waals surface area contributed by atoms with E-state index in [1.807, 2.05) is 62.4 Å². The summed E-state index contributed by atoms with van der Waals surface area (Å²) in [6, 6.07) is 21.6. The first-order valence-corrected chi connectivity index (χ1v) is 35.9. The summed E-state index contributed by atoms with van der Waals surface area (Å²) in [6.45, 7) is 23.6. The summed E-state index contributed by atoms with van der Waals surface area (Å²) in [5.74, 6) is 0.318. The first-order valence-electron chi connectivity index (χ1n) is 34.4. The normalized spacial score (nSPS) is 20.8. The molecule has 6 unspecified atom stereocenters. The van der Waals surface area contributed by atoms with Gasteiger partial charge in [0.05, 0.1) is 20.1 Å². The molecule has 12 heteroatoms. The molecular weight excluding hydrogens is 1300 g/mol. The Morgan fingerprint density at radius 3 is 0.635 bits per heavy atom. The van der Waals surface area contributed by atoms with E-state index in [2.05, 4.69) is 65.8 Å². The summed E-state index contributed by atoms with van der Waals surface area (Å²) in [6.07, 6.45) is 31.3. The molecule has 0 bridgehead atoms. The first-order chi connectivity index (χ1) is 45.6. The molecule has 0 heterocycles. The fourth-order valence-electron chi connectivity index (χ4n) is 12.6. The van der Waals surface area contributed by atoms with Gasteiger partial charge in [0.15, 0.2) is 23.3 Å². The van der Waals surface area contributed by atoms with E-state index in [1.54, 1.807) is 64.1 Å². The number of benzene rings is 6. The van der Waals surface area contributed by atoms with Gasteiger partial charge in [-0.05, 0) is 271 Å². The Morgan fingerprint density at radius 1 is 0.229 bits per heavy atom. The number of rotatable bonds is 6. The van der Waals surface area contributed by atoms with Crippen LogP contribution >= 0.6 is 46.4 Å². The molecule has 0 radical (unpaired) electrons. The number of hydrogen-bond donors (Lipinski definition) is 0. The van der Waals surface area contributed by atoms with Crippen molar-refractivity contribution in [2.45, 2.75) is 199 Å². The Kier molecular flexibility index (Phi) is 29.5. The summed E-state index contributed by atoms with van der Waals surface area (Å²) in [7, 11) is 0. The van der Waals surface area contributed by atoms with Gasteiger partial charge in [-0.2, -0.15) is 0 Å². The topological polar surface area (TPSA) is 0 Å². The van der Waals surface area contributed by atoms with Crippen LogP contribution in [0.25, 0.3) is 33.4 Å². The van der Waals surface area contributed by atoms with Crippen LogP contribution in [0, 0.1) is 124 Å². The predicted octanol–water partition coefficient (Wildman–Crippen LogP) is 28.9. The lowest BCUT2D eigenvalue weighted by atomic mass is 9.87. The van der Waals surface area contributed by atoms with Crippen molar-refractivity contribution in [2.24, 2.45) is 35.5 Å². The van der Waals surface area contributed by atoms with Gasteiger partial charge in [0.25, 0.3) is 0 Å². The minimum Gasteiger partial charge on any atom is -0.205 e. The van der Waals surface area contributed by atoms with Crippen molar-refractivity contribution in [3.8, 4) is 0 Å². The Labute approximate surface area is 588 Å². The molecule has 6 aromatic rings. The maximum absolute atomic E-state index is 14.0. The quantitative estimate of drug-likeness (QED) is 0.146. The second-order valence-corrected chi connectivity index (χ2v) is 29.5. The van der Waals surface area contributed by atoms with Crippen LogP contribution in [-0.2, 0) is 0 Å². The Hall–Kier alpha value is -5.64. The highest BCUT2D eigenvalue weighted by atomic mass is 35.5. The lowest BCUT2D eigenvalue weighted by molar-refractivity contribution is 0.496. The van der Waals surface area contributed by atoms with Gasteiger partial charge in [-0.15, -0.1) is 0 Å². The van der Waals surface area contributed by atoms with Crippen LogP contribution in [0.4, 0.5) is 35.1 Å². The van der Waals surface area contributed by atoms with Crippen molar-refractivity contribution >= 4 is 79.8 Å². The maximum Gasteiger partial charge on any atom is 0.166 e. The summed E-state index contributed by atoms with van der Waals surface area (Å²) < 4.78 is 110. The second kappa shape index (κ2) is 36.4. The molecule has 6 aromatic carbocycles. The minimum atomic E-state index is -0.711. The molecular formula is C84H96Cl4F8. The van der Waals surface area contributed by atoms with E-state index in [0.717, 1.165) is 172 Å². The Bertz CT molecular complexity index is 3250. The number of aryl methyl sites for hydroxylation is 6. The molecule has 12 rings (SSSR count). The molecule has 0 saturated carbocycles. The van der Waals surface area contributed by atoms with Gasteiger partial charge in [-0.1, -0.05) is 197 Å². The molecule has 516 valence electrons. The first kappa shape index (κ1) is 77.7. The summed E-state index contributed by atoms with van der Waals surface area (Å²) in [5.41, 5.74) is 14.1. The molecule has 0 amide bonds. The van der Waals surface area contributed by atoms with E-state index in [1.165, 1.54) is 11.1 Å². The highest BCUT2D eigenvalue weighted by molar-refractivity contribution is 6.33. The fraction of sp³-hybridized carbons (Fsp3) is 0.429. The lowest BCUT2D eigenvalue weighted by Crippen LogP contribution is -2.03. The fourth-order valence-corrected chi connectivity index (χ4v) is 13.6. The van der Waals surface area contributed by atoms with Crippen molar-refractivity contribution < 1.29 is 35.1 Å². The molecule has 96 heavy (non-hydrogen) atoms. The van der Waals surface area contributed by atoms with E-state index in [0.29, 0.717) is 68.2 Å². The van der Waals surface area contributed by atoms with E-state index in [-0.39, 0.29) is 43.4 Å². The van der Waals surface area contributed by atoms with Crippen molar-refractivity contribution in [2.75, 3.05) is 0 Å². The molecule has 0 N–H and O–H groups in total. The van der Waals surface area contributed by atoms with Gasteiger partial charge in [0.2, 0.25) is 0 Å². The van der Waals surface area contributed by atoms with Crippen LogP contribution in [-0.4, -0.2) is 0 Å². The van der Waals surface area contributed by atoms with E-state index >= 15 is 0 Å². The second-order valence-electron chi connectivity index (χ2n) is 28.0. The number of allylic oxidation sites excluding steroid dienone is 12. The third-order valence-corrected chi connectivity index (χ3v) is 21.4. The highest BCUT2D eigenvalue weighted by Gasteiger charge is 2.24. The van der Waals surface area contributed by atoms with Crippen LogP contribution < -0.4 is 0 Å². The minimum absolute atomic E-state index is 0.261. The van der Waals surface area contributed by atoms with E-state index in [4.69, 9.17) is 46.4 Å². The average Bonchev–Trinajstić information content (AvgIpc) is 0.897. The molecule has 0 aromatic heterocycles. The third-order valence-electron chi connectivity index (χ3n) is 19.8. The predicted molar refractivity (Wildman–Crippen MR) is 393 cm³/mol. The van der Waals surface area contributed by atoms with Gasteiger partial charge in [0, 0.05) is 22.3 Å². The van der Waals surface area contributed by atoms with Crippen molar-refractivity contribution in [3.05, 3.63) is 243 Å². The summed E-state index contributed by atoms with van der Waals surface area (Å²) >= 11 is 24.0. The van der Waals surface area contributed by atoms with Gasteiger partial charge < -0.3 is 0 Å². The van der Waals surface area contributed by atoms with Gasteiger partial charge in [0.1, 0.15) is 23.3 Å². The smallest absolute Gasteiger partial charge is 0.166 e. The number of hydrogen-bond acceptors (Lipinski definition) is 0. The highest BCUT2D eigenvalue weighted by Crippen LogP contribution is 2.41. The Balaban J connectivity index is 0.000000163. The maximum atomic E-state index is 14.0. The molecule has 0 aliphatic heterocycles. The molecule has 0 spiro atoms. The van der Waals surface area contributed by atoms with E-state index in [9.17, 15) is 35.1 Å². The monoisotopic (exact) mass is 1400 g/mol. The van der Waals surface area contributed by atoms with Crippen LogP contribution in [0.5, 0.6) is 0 Å². The molecule has 6 aliphatic rings. The van der Waals surface area contributed by atoms with Gasteiger partial charge >= 0.3 is 0 Å². The zero-order valence-corrected chi connectivity index (χ0v) is 61.1. The number of halogens is 12. The molecule has 0 fully saturated rings. The molecule has 6 aliphatic carbocycles. The van der Waals surface area contributed by atoms with Crippen molar-refractivity contribution in [1.29, 1.82) is 0 Å². The van der Waals surface area contributed by atoms with E-state index < -0.39 is 23.3 Å². The van der Waals surface area contributed by atoms with Crippen LogP contribution in [0.2, 0.25) is 20.1 Å². The zero-order valence-electron chi connectivity index (χ0n) is 58.1. The lowest BCUT2D eigenvalue weighted by Gasteiger charge is -2.19. The van der Waals surface area contributed by atoms with Crippen molar-refractivity contribution in [1.82, 2.24) is 0 Å². The van der Waals surface area contributed by atoms with Crippen LogP contribution in [0.3, 0.4) is 0 Å². The third kappa shape index (κ3) is 20.7. The summed E-state index contributed by atoms with van der Waals surface area (Å²) in [4.78, 5) is 0. The summed E-state index contributed by atoms with van der Waals surface area (Å²) in [5, 5.41) is 1.08. The molecule has 0 nitrogen and oxygen atoms in total. The molecule has 6 atom stereocenters. The van der Waals surface area contributed by atoms with Crippen LogP contribution in [0.1, 0.15) is 224 Å². The van der Waals surface area contributed by atoms with Gasteiger partial charge in [-0.3, -0.25) is 0 Å². The Morgan fingerprint density at radius 2 is 0.417 bits per heavy atom. The average molecular weight is 1400 g/mol. The SMILES string of the molecule is Cc1ccc(C2=CCC(C)CC2)c(Cl)c1F.Cc1ccc(C2=CCC(C)CC2)c(Cl)c1F.Cc1ccc(C2=CCC(C)CC2)c(F)c1Cl.Cc1ccc(C2=CCC(C)CC2)c(F)c1Cl.Cc1ccc(C2=CCC(C)CC2)c(F)c1F.Cc1ccc(C2=CCC(C)CC2)c(F)c1F. The largest absolute Gasteiger partial charge is 0.205 e. The zero-order chi connectivity index (χ0) is 70.2. The standard InChI is InChI=1S/4C14H16ClF.2C14H16F2/c2*1-9-3-6-11(7-4-9)12-8-5-10(2)14(16)13(12)15;4*1-9-3-6-11(7-4-9)12-8-5-10(2)13(15)14(12)16/h6*5-6,8-9H,3-4,7H2,1-2H3. The van der Waals surface area contributed by atoms with Crippen LogP contribution in [0.15, 0.2) is 109 Å². The van der Waals surface area contributed by atoms with Crippen molar-refractivity contribution in [3.63, 3.8) is 0 Å². The van der Waals surface area contributed by atoms with Gasteiger partial charge in [-0.25, -0.2) is 35.1 Å².